The highest BCUT2D eigenvalue weighted by Crippen LogP contribution is 2.20. The highest BCUT2D eigenvalue weighted by Gasteiger charge is 2.22. The number of halogens is 3. The van der Waals surface area contributed by atoms with Crippen LogP contribution in [0.5, 0.6) is 0 Å². The average molecular weight is 363 g/mol. The Balaban J connectivity index is 1.46. The first-order chi connectivity index (χ1) is 12.5. The second kappa shape index (κ2) is 8.12. The molecule has 0 saturated carbocycles. The number of anilines is 2. The molecule has 0 radical (unpaired) electrons. The Morgan fingerprint density at radius 2 is 1.69 bits per heavy atom. The molecule has 2 aromatic rings. The Morgan fingerprint density at radius 1 is 0.962 bits per heavy atom. The largest absolute Gasteiger partial charge is 0.382 e. The van der Waals surface area contributed by atoms with Gasteiger partial charge in [-0.05, 0) is 24.3 Å². The summed E-state index contributed by atoms with van der Waals surface area (Å²) in [4.78, 5) is 15.9. The van der Waals surface area contributed by atoms with Crippen molar-refractivity contribution in [2.24, 2.45) is 0 Å². The van der Waals surface area contributed by atoms with E-state index < -0.39 is 11.6 Å². The van der Waals surface area contributed by atoms with E-state index in [9.17, 15) is 18.0 Å². The summed E-state index contributed by atoms with van der Waals surface area (Å²) in [7, 11) is 0. The lowest BCUT2D eigenvalue weighted by Gasteiger charge is -2.36. The van der Waals surface area contributed by atoms with Crippen LogP contribution in [0.15, 0.2) is 42.5 Å². The lowest BCUT2D eigenvalue weighted by atomic mass is 10.2. The minimum atomic E-state index is -0.684. The molecular weight excluding hydrogens is 343 g/mol. The van der Waals surface area contributed by atoms with E-state index in [0.29, 0.717) is 31.9 Å². The third-order valence-electron chi connectivity index (χ3n) is 4.41. The van der Waals surface area contributed by atoms with Gasteiger partial charge in [0.2, 0.25) is 5.91 Å². The fourth-order valence-electron chi connectivity index (χ4n) is 3.00. The molecule has 3 rings (SSSR count). The van der Waals surface area contributed by atoms with Gasteiger partial charge in [0, 0.05) is 45.2 Å². The van der Waals surface area contributed by atoms with Crippen LogP contribution >= 0.6 is 0 Å². The summed E-state index contributed by atoms with van der Waals surface area (Å²) >= 11 is 0. The first kappa shape index (κ1) is 18.1. The number of rotatable bonds is 5. The van der Waals surface area contributed by atoms with Gasteiger partial charge in [0.1, 0.15) is 17.5 Å². The summed E-state index contributed by atoms with van der Waals surface area (Å²) in [6.07, 6.45) is 0.205. The van der Waals surface area contributed by atoms with Crippen molar-refractivity contribution in [1.29, 1.82) is 0 Å². The van der Waals surface area contributed by atoms with Crippen LogP contribution in [0.2, 0.25) is 0 Å². The number of piperazine rings is 1. The first-order valence-corrected chi connectivity index (χ1v) is 8.51. The summed E-state index contributed by atoms with van der Waals surface area (Å²) in [5.41, 5.74) is 0.719. The maximum absolute atomic E-state index is 13.8. The van der Waals surface area contributed by atoms with Crippen molar-refractivity contribution in [2.45, 2.75) is 6.42 Å². The second-order valence-electron chi connectivity index (χ2n) is 6.12. The van der Waals surface area contributed by atoms with Crippen molar-refractivity contribution >= 4 is 17.3 Å². The maximum Gasteiger partial charge on any atom is 0.224 e. The van der Waals surface area contributed by atoms with Gasteiger partial charge in [0.25, 0.3) is 0 Å². The molecule has 1 aliphatic rings. The average Bonchev–Trinajstić information content (AvgIpc) is 2.64. The van der Waals surface area contributed by atoms with E-state index in [1.807, 2.05) is 4.90 Å². The molecule has 0 spiro atoms. The zero-order valence-corrected chi connectivity index (χ0v) is 14.2. The summed E-state index contributed by atoms with van der Waals surface area (Å²) in [6, 6.07) is 9.86. The molecule has 2 aromatic carbocycles. The highest BCUT2D eigenvalue weighted by atomic mass is 19.1. The van der Waals surface area contributed by atoms with Gasteiger partial charge in [0.05, 0.1) is 11.4 Å². The van der Waals surface area contributed by atoms with E-state index >= 15 is 0 Å². The van der Waals surface area contributed by atoms with Crippen LogP contribution in [0.4, 0.5) is 24.5 Å². The Labute approximate surface area is 150 Å². The summed E-state index contributed by atoms with van der Waals surface area (Å²) in [5.74, 6) is -1.64. The first-order valence-electron chi connectivity index (χ1n) is 8.51. The van der Waals surface area contributed by atoms with Crippen molar-refractivity contribution in [3.05, 3.63) is 59.9 Å². The standard InChI is InChI=1S/C19H20F3N3O/c20-14-5-6-17(16(22)13-14)23-8-7-19(26)25-11-9-24(10-12-25)18-4-2-1-3-15(18)21/h1-6,13,23H,7-12H2. The fraction of sp³-hybridized carbons (Fsp3) is 0.316. The maximum atomic E-state index is 13.8. The van der Waals surface area contributed by atoms with Crippen molar-refractivity contribution in [1.82, 2.24) is 4.90 Å². The molecule has 7 heteroatoms. The van der Waals surface area contributed by atoms with Crippen LogP contribution in [0.25, 0.3) is 0 Å². The third kappa shape index (κ3) is 4.28. The molecule has 0 aliphatic carbocycles. The normalized spacial score (nSPS) is 14.4. The number of nitrogens with one attached hydrogen (secondary N) is 1. The van der Waals surface area contributed by atoms with E-state index in [-0.39, 0.29) is 30.4 Å². The van der Waals surface area contributed by atoms with Gasteiger partial charge in [-0.25, -0.2) is 13.2 Å². The van der Waals surface area contributed by atoms with Crippen LogP contribution < -0.4 is 10.2 Å². The SMILES string of the molecule is O=C(CCNc1ccc(F)cc1F)N1CCN(c2ccccc2F)CC1. The van der Waals surface area contributed by atoms with Gasteiger partial charge in [0.15, 0.2) is 0 Å². The Hall–Kier alpha value is -2.70. The number of para-hydroxylation sites is 1. The van der Waals surface area contributed by atoms with E-state index in [4.69, 9.17) is 0 Å². The van der Waals surface area contributed by atoms with Gasteiger partial charge in [-0.15, -0.1) is 0 Å². The Morgan fingerprint density at radius 3 is 2.38 bits per heavy atom. The predicted octanol–water partition coefficient (Wildman–Crippen LogP) is 3.25. The lowest BCUT2D eigenvalue weighted by molar-refractivity contribution is -0.131. The van der Waals surface area contributed by atoms with Crippen LogP contribution in [-0.2, 0) is 4.79 Å². The molecule has 1 fully saturated rings. The van der Waals surface area contributed by atoms with Gasteiger partial charge in [-0.3, -0.25) is 4.79 Å². The summed E-state index contributed by atoms with van der Waals surface area (Å²) in [5, 5.41) is 2.80. The van der Waals surface area contributed by atoms with Crippen LogP contribution in [-0.4, -0.2) is 43.5 Å². The zero-order chi connectivity index (χ0) is 18.5. The van der Waals surface area contributed by atoms with Gasteiger partial charge in [-0.2, -0.15) is 0 Å². The van der Waals surface area contributed by atoms with Gasteiger partial charge in [-0.1, -0.05) is 12.1 Å². The molecule has 1 N–H and O–H groups in total. The summed E-state index contributed by atoms with van der Waals surface area (Å²) in [6.45, 7) is 2.41. The Kier molecular flexibility index (Phi) is 5.65. The molecule has 0 unspecified atom stereocenters. The number of nitrogens with zero attached hydrogens (tertiary/aromatic N) is 2. The van der Waals surface area contributed by atoms with Crippen molar-refractivity contribution in [3.63, 3.8) is 0 Å². The molecule has 0 atom stereocenters. The van der Waals surface area contributed by atoms with E-state index in [0.717, 1.165) is 12.1 Å². The molecule has 1 aliphatic heterocycles. The number of carbonyl (C=O) groups is 1. The molecule has 0 aromatic heterocycles. The van der Waals surface area contributed by atoms with Crippen molar-refractivity contribution in [3.8, 4) is 0 Å². The summed E-state index contributed by atoms with van der Waals surface area (Å²) < 4.78 is 40.2. The third-order valence-corrected chi connectivity index (χ3v) is 4.41. The monoisotopic (exact) mass is 363 g/mol. The van der Waals surface area contributed by atoms with Crippen molar-refractivity contribution < 1.29 is 18.0 Å². The van der Waals surface area contributed by atoms with E-state index in [1.54, 1.807) is 23.1 Å². The minimum Gasteiger partial charge on any atom is -0.382 e. The molecule has 1 amide bonds. The second-order valence-corrected chi connectivity index (χ2v) is 6.12. The number of carbonyl (C=O) groups excluding carboxylic acids is 1. The molecule has 4 nitrogen and oxygen atoms in total. The highest BCUT2D eigenvalue weighted by molar-refractivity contribution is 5.77. The molecule has 1 heterocycles. The van der Waals surface area contributed by atoms with Gasteiger partial charge < -0.3 is 15.1 Å². The number of hydrogen-bond donors (Lipinski definition) is 1. The lowest BCUT2D eigenvalue weighted by Crippen LogP contribution is -2.49. The predicted molar refractivity (Wildman–Crippen MR) is 94.7 cm³/mol. The fourth-order valence-corrected chi connectivity index (χ4v) is 3.00. The van der Waals surface area contributed by atoms with E-state index in [1.165, 1.54) is 12.1 Å². The zero-order valence-electron chi connectivity index (χ0n) is 14.2. The number of amides is 1. The minimum absolute atomic E-state index is 0.0480. The molecule has 0 bridgehead atoms. The number of benzene rings is 2. The van der Waals surface area contributed by atoms with Crippen LogP contribution in [0, 0.1) is 17.5 Å². The molecule has 26 heavy (non-hydrogen) atoms. The smallest absolute Gasteiger partial charge is 0.224 e. The molecule has 1 saturated heterocycles. The van der Waals surface area contributed by atoms with Crippen LogP contribution in [0.1, 0.15) is 6.42 Å². The van der Waals surface area contributed by atoms with Crippen molar-refractivity contribution in [2.75, 3.05) is 42.9 Å². The van der Waals surface area contributed by atoms with Crippen LogP contribution in [0.3, 0.4) is 0 Å². The Bertz CT molecular complexity index is 776. The topological polar surface area (TPSA) is 35.6 Å². The quantitative estimate of drug-likeness (QED) is 0.886. The van der Waals surface area contributed by atoms with Gasteiger partial charge >= 0.3 is 0 Å². The number of hydrogen-bond acceptors (Lipinski definition) is 3. The van der Waals surface area contributed by atoms with E-state index in [2.05, 4.69) is 5.32 Å². The molecular formula is C19H20F3N3O. The molecule has 138 valence electrons.